The van der Waals surface area contributed by atoms with Crippen molar-refractivity contribution in [2.24, 2.45) is 5.73 Å². The zero-order chi connectivity index (χ0) is 7.28. The molecule has 0 aromatic carbocycles. The van der Waals surface area contributed by atoms with Crippen molar-refractivity contribution < 1.29 is 14.4 Å². The van der Waals surface area contributed by atoms with Gasteiger partial charge in [-0.25, -0.2) is 0 Å². The van der Waals surface area contributed by atoms with E-state index in [1.807, 2.05) is 5.48 Å². The molecule has 0 spiro atoms. The molecule has 0 aliphatic rings. The minimum Gasteiger partial charge on any atom is -0.341 e. The molecule has 0 saturated heterocycles. The summed E-state index contributed by atoms with van der Waals surface area (Å²) in [5.41, 5.74) is 6.67. The first-order valence-electron chi connectivity index (χ1n) is 2.33. The molecule has 0 atom stereocenters. The topological polar surface area (TPSA) is 81.4 Å². The lowest BCUT2D eigenvalue weighted by molar-refractivity contribution is -0.155. The maximum Gasteiger partial charge on any atom is 0.329 e. The molecule has 60 valence electrons. The predicted molar refractivity (Wildman–Crippen MR) is 36.2 cm³/mol. The third-order valence-electron chi connectivity index (χ3n) is 0.494. The highest BCUT2D eigenvalue weighted by atomic mass is 35.5. The first kappa shape index (κ1) is 11.9. The summed E-state index contributed by atoms with van der Waals surface area (Å²) in [6.07, 6.45) is 0. The predicted octanol–water partition coefficient (Wildman–Crippen LogP) is -1.04. The number of hydroxylamine groups is 1. The van der Waals surface area contributed by atoms with E-state index in [1.165, 1.54) is 6.92 Å². The van der Waals surface area contributed by atoms with Crippen LogP contribution >= 0.6 is 12.4 Å². The Morgan fingerprint density at radius 1 is 1.60 bits per heavy atom. The van der Waals surface area contributed by atoms with Gasteiger partial charge in [-0.05, 0) is 0 Å². The van der Waals surface area contributed by atoms with Crippen LogP contribution in [0.25, 0.3) is 0 Å². The summed E-state index contributed by atoms with van der Waals surface area (Å²) < 4.78 is 0. The van der Waals surface area contributed by atoms with Gasteiger partial charge in [0.1, 0.15) is 0 Å². The molecule has 0 unspecified atom stereocenters. The zero-order valence-corrected chi connectivity index (χ0v) is 6.23. The Bertz CT molecular complexity index is 128. The molecule has 0 saturated carbocycles. The van der Waals surface area contributed by atoms with Crippen LogP contribution in [-0.4, -0.2) is 18.4 Å². The Balaban J connectivity index is 0. The fraction of sp³-hybridized carbons (Fsp3) is 0.500. The van der Waals surface area contributed by atoms with Gasteiger partial charge in [0.05, 0.1) is 6.54 Å². The molecule has 0 rings (SSSR count). The summed E-state index contributed by atoms with van der Waals surface area (Å²) in [7, 11) is 0. The normalized spacial score (nSPS) is 7.40. The van der Waals surface area contributed by atoms with E-state index in [2.05, 4.69) is 4.84 Å². The van der Waals surface area contributed by atoms with E-state index in [4.69, 9.17) is 5.73 Å². The van der Waals surface area contributed by atoms with Gasteiger partial charge < -0.3 is 10.6 Å². The van der Waals surface area contributed by atoms with Gasteiger partial charge in [-0.15, -0.1) is 12.4 Å². The first-order valence-corrected chi connectivity index (χ1v) is 2.33. The molecule has 3 N–H and O–H groups in total. The summed E-state index contributed by atoms with van der Waals surface area (Å²) >= 11 is 0. The molecule has 0 fully saturated rings. The highest BCUT2D eigenvalue weighted by Gasteiger charge is 1.96. The molecular weight excluding hydrogens is 160 g/mol. The second-order valence-electron chi connectivity index (χ2n) is 1.32. The van der Waals surface area contributed by atoms with Gasteiger partial charge >= 0.3 is 5.97 Å². The summed E-state index contributed by atoms with van der Waals surface area (Å²) in [4.78, 5) is 24.3. The number of hydrogen-bond donors (Lipinski definition) is 2. The van der Waals surface area contributed by atoms with Crippen LogP contribution < -0.4 is 11.2 Å². The monoisotopic (exact) mass is 168 g/mol. The van der Waals surface area contributed by atoms with Gasteiger partial charge in [0.25, 0.3) is 5.91 Å². The summed E-state index contributed by atoms with van der Waals surface area (Å²) in [6, 6.07) is 0. The Labute approximate surface area is 64.3 Å². The van der Waals surface area contributed by atoms with Crippen LogP contribution in [0.2, 0.25) is 0 Å². The average Bonchev–Trinajstić information content (AvgIpc) is 1.83. The number of carbonyl (C=O) groups is 2. The molecule has 0 aromatic heterocycles. The molecular formula is C4H9ClN2O3. The van der Waals surface area contributed by atoms with E-state index < -0.39 is 11.9 Å². The van der Waals surface area contributed by atoms with Crippen LogP contribution in [0.4, 0.5) is 0 Å². The highest BCUT2D eigenvalue weighted by molar-refractivity contribution is 5.85. The largest absolute Gasteiger partial charge is 0.341 e. The zero-order valence-electron chi connectivity index (χ0n) is 5.42. The van der Waals surface area contributed by atoms with Gasteiger partial charge in [0.15, 0.2) is 0 Å². The standard InChI is InChI=1S/C4H8N2O3.ClH/c1-3(7)9-6-4(8)2-5;/h2,5H2,1H3,(H,6,8);1H. The maximum atomic E-state index is 10.2. The second-order valence-corrected chi connectivity index (χ2v) is 1.32. The van der Waals surface area contributed by atoms with Crippen LogP contribution in [-0.2, 0) is 14.4 Å². The van der Waals surface area contributed by atoms with Crippen LogP contribution in [0.5, 0.6) is 0 Å². The Morgan fingerprint density at radius 2 is 2.10 bits per heavy atom. The highest BCUT2D eigenvalue weighted by Crippen LogP contribution is 1.67. The van der Waals surface area contributed by atoms with Crippen molar-refractivity contribution in [1.82, 2.24) is 5.48 Å². The van der Waals surface area contributed by atoms with Crippen LogP contribution in [0.3, 0.4) is 0 Å². The fourth-order valence-corrected chi connectivity index (χ4v) is 0.170. The number of carbonyl (C=O) groups excluding carboxylic acids is 2. The van der Waals surface area contributed by atoms with Crippen molar-refractivity contribution in [2.75, 3.05) is 6.54 Å². The van der Waals surface area contributed by atoms with Crippen LogP contribution in [0, 0.1) is 0 Å². The van der Waals surface area contributed by atoms with Gasteiger partial charge in [0, 0.05) is 6.92 Å². The van der Waals surface area contributed by atoms with E-state index >= 15 is 0 Å². The van der Waals surface area contributed by atoms with Crippen LogP contribution in [0.1, 0.15) is 6.92 Å². The fourth-order valence-electron chi connectivity index (χ4n) is 0.170. The Hall–Kier alpha value is -0.810. The molecule has 6 heteroatoms. The molecule has 0 aliphatic heterocycles. The van der Waals surface area contributed by atoms with E-state index in [1.54, 1.807) is 0 Å². The Morgan fingerprint density at radius 3 is 2.40 bits per heavy atom. The van der Waals surface area contributed by atoms with Crippen LogP contribution in [0.15, 0.2) is 0 Å². The maximum absolute atomic E-state index is 10.2. The molecule has 1 amide bonds. The molecule has 10 heavy (non-hydrogen) atoms. The number of hydrogen-bond acceptors (Lipinski definition) is 4. The van der Waals surface area contributed by atoms with Crippen molar-refractivity contribution in [3.63, 3.8) is 0 Å². The lowest BCUT2D eigenvalue weighted by atomic mass is 10.7. The van der Waals surface area contributed by atoms with Gasteiger partial charge in [-0.3, -0.25) is 9.59 Å². The molecule has 0 heterocycles. The molecule has 0 aromatic rings. The number of nitrogens with one attached hydrogen (secondary N) is 1. The summed E-state index contributed by atoms with van der Waals surface area (Å²) in [5, 5.41) is 0. The first-order chi connectivity index (χ1) is 4.16. The third kappa shape index (κ3) is 7.19. The van der Waals surface area contributed by atoms with Crippen molar-refractivity contribution in [3.8, 4) is 0 Å². The summed E-state index contributed by atoms with van der Waals surface area (Å²) in [5.74, 6) is -1.10. The SMILES string of the molecule is CC(=O)ONC(=O)CN.Cl. The smallest absolute Gasteiger partial charge is 0.329 e. The lowest BCUT2D eigenvalue weighted by Crippen LogP contribution is -2.31. The van der Waals surface area contributed by atoms with E-state index in [0.717, 1.165) is 0 Å². The van der Waals surface area contributed by atoms with Gasteiger partial charge in [-0.1, -0.05) is 0 Å². The van der Waals surface area contributed by atoms with Crippen molar-refractivity contribution >= 4 is 24.3 Å². The molecule has 0 aliphatic carbocycles. The number of halogens is 1. The third-order valence-corrected chi connectivity index (χ3v) is 0.494. The average molecular weight is 169 g/mol. The van der Waals surface area contributed by atoms with E-state index in [0.29, 0.717) is 0 Å². The molecule has 0 radical (unpaired) electrons. The van der Waals surface area contributed by atoms with Crippen molar-refractivity contribution in [3.05, 3.63) is 0 Å². The van der Waals surface area contributed by atoms with Gasteiger partial charge in [-0.2, -0.15) is 5.48 Å². The molecule has 5 nitrogen and oxygen atoms in total. The van der Waals surface area contributed by atoms with Crippen molar-refractivity contribution in [2.45, 2.75) is 6.92 Å². The van der Waals surface area contributed by atoms with E-state index in [-0.39, 0.29) is 19.0 Å². The Kier molecular flexibility index (Phi) is 7.53. The minimum absolute atomic E-state index is 0. The molecule has 0 bridgehead atoms. The van der Waals surface area contributed by atoms with Crippen molar-refractivity contribution in [1.29, 1.82) is 0 Å². The number of amides is 1. The lowest BCUT2D eigenvalue weighted by Gasteiger charge is -1.98. The second kappa shape index (κ2) is 6.31. The number of rotatable bonds is 1. The quantitative estimate of drug-likeness (QED) is 0.490. The number of nitrogens with two attached hydrogens (primary N) is 1. The van der Waals surface area contributed by atoms with E-state index in [9.17, 15) is 9.59 Å². The summed E-state index contributed by atoms with van der Waals surface area (Å²) in [6.45, 7) is 0.990. The minimum atomic E-state index is -0.572. The van der Waals surface area contributed by atoms with Gasteiger partial charge in [0.2, 0.25) is 0 Å².